The summed E-state index contributed by atoms with van der Waals surface area (Å²) < 4.78 is 0. The minimum Gasteiger partial charge on any atom is -0.344 e. The monoisotopic (exact) mass is 1050 g/mol. The van der Waals surface area contributed by atoms with Crippen molar-refractivity contribution in [3.05, 3.63) is 71.8 Å². The van der Waals surface area contributed by atoms with Crippen LogP contribution < -0.4 is 10.6 Å². The van der Waals surface area contributed by atoms with E-state index in [2.05, 4.69) is 34.9 Å². The fourth-order valence-electron chi connectivity index (χ4n) is 12.8. The molecule has 422 valence electrons. The Labute approximate surface area is 459 Å². The van der Waals surface area contributed by atoms with E-state index in [-0.39, 0.29) is 71.7 Å². The number of rotatable bonds is 32. The van der Waals surface area contributed by atoms with Crippen molar-refractivity contribution in [1.82, 2.24) is 30.2 Å². The van der Waals surface area contributed by atoms with Crippen molar-refractivity contribution >= 4 is 35.3 Å². The van der Waals surface area contributed by atoms with Gasteiger partial charge in [-0.05, 0) is 108 Å². The number of unbranched alkanes of at least 4 members (excludes halogenated alkanes) is 5. The largest absolute Gasteiger partial charge is 0.344 e. The molecular formula is C64H100N6O6. The smallest absolute Gasteiger partial charge is 0.245 e. The van der Waals surface area contributed by atoms with Crippen LogP contribution in [-0.4, -0.2) is 125 Å². The van der Waals surface area contributed by atoms with Crippen LogP contribution in [0.2, 0.25) is 0 Å². The van der Waals surface area contributed by atoms with Gasteiger partial charge in [0.05, 0.1) is 6.04 Å². The first-order valence-electron chi connectivity index (χ1n) is 30.7. The normalized spacial score (nSPS) is 19.9. The van der Waals surface area contributed by atoms with Crippen LogP contribution in [0.1, 0.15) is 199 Å². The zero-order chi connectivity index (χ0) is 54.1. The molecule has 5 amide bonds. The van der Waals surface area contributed by atoms with Crippen LogP contribution in [-0.2, 0) is 41.6 Å². The van der Waals surface area contributed by atoms with Gasteiger partial charge in [0.2, 0.25) is 29.5 Å². The molecule has 2 saturated carbocycles. The molecule has 0 radical (unpaired) electrons. The predicted molar refractivity (Wildman–Crippen MR) is 305 cm³/mol. The van der Waals surface area contributed by atoms with Crippen LogP contribution in [0.25, 0.3) is 0 Å². The van der Waals surface area contributed by atoms with Gasteiger partial charge in [-0.25, -0.2) is 0 Å². The SMILES string of the molecule is CC[C@@H](C)C(=O)N[C@@H](CC1CCCCC1)C(=O)N1CCC[C@H]1CN(CCc1ccccc1)C(=O)CCCCCCCCC(=O)N(CCc1ccccc1)C[C@@H]1CCCN1C(=O)[C@@H](CC(=O)[C@H](C)NC)CC1CCCCC1. The maximum Gasteiger partial charge on any atom is 0.245 e. The van der Waals surface area contributed by atoms with Crippen LogP contribution in [0.15, 0.2) is 60.7 Å². The number of amides is 5. The highest BCUT2D eigenvalue weighted by molar-refractivity contribution is 5.90. The molecule has 76 heavy (non-hydrogen) atoms. The third kappa shape index (κ3) is 19.7. The number of likely N-dealkylation sites (tertiary alicyclic amines) is 2. The van der Waals surface area contributed by atoms with Crippen molar-refractivity contribution in [2.45, 2.75) is 225 Å². The van der Waals surface area contributed by atoms with Gasteiger partial charge in [0.15, 0.2) is 0 Å². The Bertz CT molecular complexity index is 1910. The quantitative estimate of drug-likeness (QED) is 0.0696. The first-order valence-corrected chi connectivity index (χ1v) is 30.7. The number of nitrogens with zero attached hydrogens (tertiary/aromatic N) is 4. The Morgan fingerprint density at radius 2 is 1.04 bits per heavy atom. The van der Waals surface area contributed by atoms with E-state index in [1.807, 2.05) is 76.8 Å². The molecule has 4 fully saturated rings. The summed E-state index contributed by atoms with van der Waals surface area (Å²) in [5.41, 5.74) is 2.38. The van der Waals surface area contributed by atoms with E-state index in [9.17, 15) is 28.8 Å². The molecule has 2 aromatic rings. The molecule has 2 aromatic carbocycles. The van der Waals surface area contributed by atoms with Crippen LogP contribution in [0.4, 0.5) is 0 Å². The lowest BCUT2D eigenvalue weighted by atomic mass is 9.80. The summed E-state index contributed by atoms with van der Waals surface area (Å²) in [5.74, 6) is 0.921. The lowest BCUT2D eigenvalue weighted by Crippen LogP contribution is -2.54. The Kier molecular flexibility index (Phi) is 26.3. The molecule has 2 heterocycles. The van der Waals surface area contributed by atoms with E-state index < -0.39 is 6.04 Å². The molecule has 0 spiro atoms. The predicted octanol–water partition coefficient (Wildman–Crippen LogP) is 10.9. The van der Waals surface area contributed by atoms with E-state index in [1.54, 1.807) is 7.05 Å². The number of benzene rings is 2. The second-order valence-corrected chi connectivity index (χ2v) is 23.7. The summed E-state index contributed by atoms with van der Waals surface area (Å²) in [7, 11) is 1.80. The van der Waals surface area contributed by atoms with E-state index in [4.69, 9.17) is 0 Å². The Morgan fingerprint density at radius 3 is 1.51 bits per heavy atom. The summed E-state index contributed by atoms with van der Waals surface area (Å²) in [5, 5.41) is 6.28. The molecule has 4 aliphatic rings. The van der Waals surface area contributed by atoms with Gasteiger partial charge in [-0.1, -0.05) is 164 Å². The van der Waals surface area contributed by atoms with Crippen molar-refractivity contribution in [1.29, 1.82) is 0 Å². The Balaban J connectivity index is 0.996. The third-order valence-electron chi connectivity index (χ3n) is 18.0. The van der Waals surface area contributed by atoms with Gasteiger partial charge in [0, 0.05) is 82.5 Å². The summed E-state index contributed by atoms with van der Waals surface area (Å²) >= 11 is 0. The van der Waals surface area contributed by atoms with Gasteiger partial charge in [-0.3, -0.25) is 28.8 Å². The molecule has 6 atom stereocenters. The van der Waals surface area contributed by atoms with Gasteiger partial charge >= 0.3 is 0 Å². The van der Waals surface area contributed by atoms with E-state index in [0.29, 0.717) is 70.4 Å². The molecule has 12 nitrogen and oxygen atoms in total. The second-order valence-electron chi connectivity index (χ2n) is 23.7. The zero-order valence-corrected chi connectivity index (χ0v) is 47.7. The van der Waals surface area contributed by atoms with Gasteiger partial charge < -0.3 is 30.2 Å². The highest BCUT2D eigenvalue weighted by atomic mass is 16.2. The molecule has 2 saturated heterocycles. The van der Waals surface area contributed by atoms with E-state index in [0.717, 1.165) is 116 Å². The molecule has 6 rings (SSSR count). The standard InChI is InChI=1S/C64H100N6O6/c1-5-49(2)62(74)66-58(45-54-32-20-13-21-33-54)64(76)70-41-25-35-57(70)48-68(43-39-52-28-16-11-17-29-52)61(73)37-23-9-7-6-8-22-36-60(72)67(42-38-51-26-14-10-15-27-51)47-56-34-24-40-69(56)63(75)55(46-59(71)50(3)65-4)44-53-30-18-12-19-31-53/h10-11,14-17,26-29,49-50,53-58,65H,5-9,12-13,18-25,30-48H2,1-4H3,(H,66,74)/t49-,50+,55-,56+,57+,58+/m1/s1. The van der Waals surface area contributed by atoms with Gasteiger partial charge in [0.1, 0.15) is 11.8 Å². The second kappa shape index (κ2) is 33.0. The number of carbonyl (C=O) groups is 6. The zero-order valence-electron chi connectivity index (χ0n) is 47.7. The van der Waals surface area contributed by atoms with Crippen molar-refractivity contribution in [2.75, 3.05) is 46.3 Å². The lowest BCUT2D eigenvalue weighted by Gasteiger charge is -2.35. The maximum absolute atomic E-state index is 14.5. The van der Waals surface area contributed by atoms with Crippen LogP contribution in [0, 0.1) is 23.7 Å². The maximum atomic E-state index is 14.5. The molecular weight excluding hydrogens is 949 g/mol. The number of likely N-dealkylation sites (N-methyl/N-ethyl adjacent to an activating group) is 1. The molecule has 12 heteroatoms. The Morgan fingerprint density at radius 1 is 0.579 bits per heavy atom. The first kappa shape index (κ1) is 60.6. The van der Waals surface area contributed by atoms with Crippen LogP contribution in [0.5, 0.6) is 0 Å². The van der Waals surface area contributed by atoms with Gasteiger partial charge in [-0.15, -0.1) is 0 Å². The number of nitrogens with one attached hydrogen (secondary N) is 2. The topological polar surface area (TPSA) is 139 Å². The minimum absolute atomic E-state index is 0.0211. The van der Waals surface area contributed by atoms with E-state index in [1.165, 1.54) is 49.7 Å². The van der Waals surface area contributed by atoms with Crippen LogP contribution >= 0.6 is 0 Å². The van der Waals surface area contributed by atoms with E-state index >= 15 is 0 Å². The number of carbonyl (C=O) groups excluding carboxylic acids is 6. The summed E-state index contributed by atoms with van der Waals surface area (Å²) in [6, 6.07) is 19.7. The summed E-state index contributed by atoms with van der Waals surface area (Å²) in [4.78, 5) is 91.9. The number of ketones is 1. The highest BCUT2D eigenvalue weighted by Gasteiger charge is 2.39. The molecule has 2 N–H and O–H groups in total. The molecule has 2 aliphatic carbocycles. The van der Waals surface area contributed by atoms with Crippen LogP contribution in [0.3, 0.4) is 0 Å². The number of hydrogen-bond donors (Lipinski definition) is 2. The summed E-state index contributed by atoms with van der Waals surface area (Å²) in [6.45, 7) is 9.40. The minimum atomic E-state index is -0.527. The third-order valence-corrected chi connectivity index (χ3v) is 18.0. The molecule has 0 aromatic heterocycles. The van der Waals surface area contributed by atoms with Crippen molar-refractivity contribution in [3.8, 4) is 0 Å². The first-order chi connectivity index (χ1) is 36.9. The fraction of sp³-hybridized carbons (Fsp3) is 0.719. The average Bonchev–Trinajstić information content (AvgIpc) is 4.13. The van der Waals surface area contributed by atoms with Gasteiger partial charge in [0.25, 0.3) is 0 Å². The Hall–Kier alpha value is -4.58. The molecule has 2 aliphatic heterocycles. The van der Waals surface area contributed by atoms with Gasteiger partial charge in [-0.2, -0.15) is 0 Å². The van der Waals surface area contributed by atoms with Crippen molar-refractivity contribution < 1.29 is 28.8 Å². The number of hydrogen-bond acceptors (Lipinski definition) is 7. The van der Waals surface area contributed by atoms with Crippen molar-refractivity contribution in [3.63, 3.8) is 0 Å². The average molecular weight is 1050 g/mol. The molecule has 0 bridgehead atoms. The fourth-order valence-corrected chi connectivity index (χ4v) is 12.8. The number of Topliss-reactive ketones (excluding diaryl/α,β-unsaturated/α-hetero) is 1. The molecule has 0 unspecified atom stereocenters. The lowest BCUT2D eigenvalue weighted by molar-refractivity contribution is -0.141. The van der Waals surface area contributed by atoms with Crippen molar-refractivity contribution in [2.24, 2.45) is 23.7 Å². The summed E-state index contributed by atoms with van der Waals surface area (Å²) in [6.07, 6.45) is 25.6. The highest BCUT2D eigenvalue weighted by Crippen LogP contribution is 2.34.